The number of fused-ring (bicyclic) bond motifs is 1. The van der Waals surface area contributed by atoms with Crippen LogP contribution in [0.4, 0.5) is 0 Å². The molecule has 0 unspecified atom stereocenters. The second-order valence-corrected chi connectivity index (χ2v) is 7.89. The third-order valence-electron chi connectivity index (χ3n) is 5.04. The molecule has 0 radical (unpaired) electrons. The number of hydrogen-bond donors (Lipinski definition) is 1. The molecule has 6 nitrogen and oxygen atoms in total. The van der Waals surface area contributed by atoms with Crippen molar-refractivity contribution < 1.29 is 4.79 Å². The van der Waals surface area contributed by atoms with Crippen LogP contribution in [-0.4, -0.2) is 22.1 Å². The Morgan fingerprint density at radius 2 is 1.70 bits per heavy atom. The number of benzene rings is 2. The van der Waals surface area contributed by atoms with Crippen LogP contribution in [0.15, 0.2) is 75.6 Å². The van der Waals surface area contributed by atoms with E-state index < -0.39 is 0 Å². The molecular formula is C23H21N3O3S. The molecule has 4 rings (SSSR count). The number of hydrogen-bond acceptors (Lipinski definition) is 4. The first-order chi connectivity index (χ1) is 14.6. The molecule has 0 fully saturated rings. The molecule has 0 saturated carbocycles. The van der Waals surface area contributed by atoms with E-state index in [0.717, 1.165) is 11.1 Å². The molecule has 0 aliphatic carbocycles. The molecule has 0 aliphatic heterocycles. The minimum absolute atomic E-state index is 0.156. The molecule has 1 N–H and O–H groups in total. The Bertz CT molecular complexity index is 1320. The maximum absolute atomic E-state index is 13.3. The molecule has 4 aromatic rings. The lowest BCUT2D eigenvalue weighted by molar-refractivity contribution is 0.0967. The van der Waals surface area contributed by atoms with Crippen molar-refractivity contribution in [1.82, 2.24) is 14.5 Å². The first kappa shape index (κ1) is 19.8. The van der Waals surface area contributed by atoms with Crippen molar-refractivity contribution in [1.29, 1.82) is 0 Å². The Labute approximate surface area is 177 Å². The molecule has 7 heteroatoms. The highest BCUT2D eigenvalue weighted by Gasteiger charge is 2.15. The predicted molar refractivity (Wildman–Crippen MR) is 119 cm³/mol. The first-order valence-electron chi connectivity index (χ1n) is 9.64. The van der Waals surface area contributed by atoms with Gasteiger partial charge in [-0.3, -0.25) is 18.7 Å². The molecule has 152 valence electrons. The van der Waals surface area contributed by atoms with Gasteiger partial charge >= 0.3 is 5.69 Å². The second kappa shape index (κ2) is 8.51. The van der Waals surface area contributed by atoms with Gasteiger partial charge in [-0.15, -0.1) is 11.3 Å². The van der Waals surface area contributed by atoms with Crippen molar-refractivity contribution >= 4 is 28.1 Å². The molecule has 30 heavy (non-hydrogen) atoms. The average Bonchev–Trinajstić information content (AvgIpc) is 3.25. The van der Waals surface area contributed by atoms with Gasteiger partial charge in [-0.1, -0.05) is 42.5 Å². The Balaban J connectivity index is 1.76. The Kier molecular flexibility index (Phi) is 5.63. The zero-order valence-electron chi connectivity index (χ0n) is 16.5. The van der Waals surface area contributed by atoms with Crippen molar-refractivity contribution in [3.05, 3.63) is 103 Å². The van der Waals surface area contributed by atoms with Gasteiger partial charge in [0.1, 0.15) is 0 Å². The Hall–Kier alpha value is -3.45. The van der Waals surface area contributed by atoms with Crippen molar-refractivity contribution in [2.75, 3.05) is 7.05 Å². The summed E-state index contributed by atoms with van der Waals surface area (Å²) in [7, 11) is 1.59. The maximum Gasteiger partial charge on any atom is 0.331 e. The summed E-state index contributed by atoms with van der Waals surface area (Å²) < 4.78 is 2.92. The number of carbonyl (C=O) groups excluding carboxylic acids is 1. The molecule has 0 atom stereocenters. The summed E-state index contributed by atoms with van der Waals surface area (Å²) >= 11 is 1.33. The summed E-state index contributed by atoms with van der Waals surface area (Å²) in [5.74, 6) is -0.156. The zero-order valence-corrected chi connectivity index (χ0v) is 17.3. The molecule has 2 aromatic carbocycles. The zero-order chi connectivity index (χ0) is 21.1. The minimum atomic E-state index is -0.345. The van der Waals surface area contributed by atoms with Crippen molar-refractivity contribution in [3.8, 4) is 0 Å². The Morgan fingerprint density at radius 3 is 2.47 bits per heavy atom. The van der Waals surface area contributed by atoms with E-state index in [0.29, 0.717) is 35.3 Å². The fourth-order valence-electron chi connectivity index (χ4n) is 3.49. The van der Waals surface area contributed by atoms with Crippen LogP contribution in [0.25, 0.3) is 10.9 Å². The third-order valence-corrected chi connectivity index (χ3v) is 6.02. The van der Waals surface area contributed by atoms with Gasteiger partial charge in [0.2, 0.25) is 0 Å². The van der Waals surface area contributed by atoms with Crippen LogP contribution in [0.2, 0.25) is 0 Å². The normalized spacial score (nSPS) is 11.0. The lowest BCUT2D eigenvalue weighted by Gasteiger charge is -2.14. The molecule has 0 bridgehead atoms. The topological polar surface area (TPSA) is 73.1 Å². The van der Waals surface area contributed by atoms with Gasteiger partial charge < -0.3 is 5.32 Å². The third kappa shape index (κ3) is 3.84. The first-order valence-corrected chi connectivity index (χ1v) is 10.5. The maximum atomic E-state index is 13.3. The van der Waals surface area contributed by atoms with Crippen molar-refractivity contribution in [3.63, 3.8) is 0 Å². The molecule has 1 amide bonds. The number of para-hydroxylation sites is 1. The molecule has 0 spiro atoms. The Morgan fingerprint density at radius 1 is 0.967 bits per heavy atom. The van der Waals surface area contributed by atoms with Crippen LogP contribution >= 0.6 is 11.3 Å². The van der Waals surface area contributed by atoms with Crippen LogP contribution in [-0.2, 0) is 19.5 Å². The van der Waals surface area contributed by atoms with E-state index in [9.17, 15) is 14.4 Å². The van der Waals surface area contributed by atoms with Crippen molar-refractivity contribution in [2.24, 2.45) is 0 Å². The van der Waals surface area contributed by atoms with E-state index in [-0.39, 0.29) is 17.2 Å². The van der Waals surface area contributed by atoms with E-state index in [1.165, 1.54) is 15.9 Å². The number of aryl methyl sites for hydroxylation is 1. The summed E-state index contributed by atoms with van der Waals surface area (Å²) in [5, 5.41) is 4.98. The minimum Gasteiger partial charge on any atom is -0.354 e. The highest BCUT2D eigenvalue weighted by atomic mass is 32.1. The fraction of sp³-hybridized carbons (Fsp3) is 0.174. The van der Waals surface area contributed by atoms with E-state index >= 15 is 0 Å². The van der Waals surface area contributed by atoms with Crippen LogP contribution in [0.3, 0.4) is 0 Å². The predicted octanol–water partition coefficient (Wildman–Crippen LogP) is 2.88. The van der Waals surface area contributed by atoms with Crippen molar-refractivity contribution in [2.45, 2.75) is 19.5 Å². The lowest BCUT2D eigenvalue weighted by Crippen LogP contribution is -2.40. The molecule has 2 heterocycles. The summed E-state index contributed by atoms with van der Waals surface area (Å²) in [6.45, 7) is 0.595. The number of thiophene rings is 1. The van der Waals surface area contributed by atoms with Gasteiger partial charge in [0.15, 0.2) is 0 Å². The highest BCUT2D eigenvalue weighted by molar-refractivity contribution is 7.12. The summed E-state index contributed by atoms with van der Waals surface area (Å²) in [6, 6.07) is 18.7. The number of aromatic nitrogens is 2. The van der Waals surface area contributed by atoms with Gasteiger partial charge in [-0.2, -0.15) is 0 Å². The summed E-state index contributed by atoms with van der Waals surface area (Å²) in [4.78, 5) is 38.7. The van der Waals surface area contributed by atoms with E-state index in [2.05, 4.69) is 5.32 Å². The number of nitrogens with zero attached hydrogens (tertiary/aromatic N) is 2. The van der Waals surface area contributed by atoms with Gasteiger partial charge in [-0.25, -0.2) is 4.79 Å². The molecule has 2 aromatic heterocycles. The number of carbonyl (C=O) groups is 1. The SMILES string of the molecule is CNC(=O)c1cc(Cn2c(=O)n(CCc3ccccc3)c(=O)c3ccccc32)cs1. The molecule has 0 saturated heterocycles. The average molecular weight is 420 g/mol. The standard InChI is InChI=1S/C23H21N3O3S/c1-24-21(27)20-13-17(15-30-20)14-26-19-10-6-5-9-18(19)22(28)25(23(26)29)12-11-16-7-3-2-4-8-16/h2-10,13,15H,11-12,14H2,1H3,(H,24,27). The van der Waals surface area contributed by atoms with Gasteiger partial charge in [0, 0.05) is 13.6 Å². The quantitative estimate of drug-likeness (QED) is 0.522. The molecule has 0 aliphatic rings. The smallest absolute Gasteiger partial charge is 0.331 e. The fourth-order valence-corrected chi connectivity index (χ4v) is 4.34. The van der Waals surface area contributed by atoms with Gasteiger partial charge in [0.05, 0.1) is 22.3 Å². The second-order valence-electron chi connectivity index (χ2n) is 6.98. The van der Waals surface area contributed by atoms with E-state index in [4.69, 9.17) is 0 Å². The van der Waals surface area contributed by atoms with Crippen LogP contribution < -0.4 is 16.6 Å². The lowest BCUT2D eigenvalue weighted by atomic mass is 10.1. The number of amides is 1. The van der Waals surface area contributed by atoms with E-state index in [1.807, 2.05) is 41.8 Å². The van der Waals surface area contributed by atoms with Crippen LogP contribution in [0.1, 0.15) is 20.8 Å². The summed E-state index contributed by atoms with van der Waals surface area (Å²) in [5.41, 5.74) is 1.88. The van der Waals surface area contributed by atoms with Gasteiger partial charge in [0.25, 0.3) is 11.5 Å². The number of rotatable bonds is 6. The van der Waals surface area contributed by atoms with E-state index in [1.54, 1.807) is 35.9 Å². The highest BCUT2D eigenvalue weighted by Crippen LogP contribution is 2.17. The largest absolute Gasteiger partial charge is 0.354 e. The van der Waals surface area contributed by atoms with Crippen LogP contribution in [0, 0.1) is 0 Å². The van der Waals surface area contributed by atoms with Crippen LogP contribution in [0.5, 0.6) is 0 Å². The molecular weight excluding hydrogens is 398 g/mol. The summed E-state index contributed by atoms with van der Waals surface area (Å²) in [6.07, 6.45) is 0.591. The monoisotopic (exact) mass is 419 g/mol. The van der Waals surface area contributed by atoms with Gasteiger partial charge in [-0.05, 0) is 41.1 Å². The number of nitrogens with one attached hydrogen (secondary N) is 1.